The smallest absolute Gasteiger partial charge is 0.331 e. The third-order valence-corrected chi connectivity index (χ3v) is 1.88. The number of hydrogen-bond donors (Lipinski definition) is 1. The third kappa shape index (κ3) is 2.23. The number of carbonyl (C=O) groups is 1. The largest absolute Gasteiger partial charge is 0.478 e. The van der Waals surface area contributed by atoms with Crippen LogP contribution >= 0.6 is 0 Å². The quantitative estimate of drug-likeness (QED) is 0.732. The number of nitrogens with zero attached hydrogens (tertiary/aromatic N) is 2. The van der Waals surface area contributed by atoms with Crippen molar-refractivity contribution in [2.75, 3.05) is 0 Å². The number of carboxylic acids is 1. The molecule has 0 fully saturated rings. The summed E-state index contributed by atoms with van der Waals surface area (Å²) in [6.07, 6.45) is 3.31. The molecule has 0 aliphatic carbocycles. The van der Waals surface area contributed by atoms with Crippen LogP contribution in [0.3, 0.4) is 0 Å². The van der Waals surface area contributed by atoms with Crippen LogP contribution in [0.1, 0.15) is 12.6 Å². The molecular weight excluding hydrogens is 180 g/mol. The van der Waals surface area contributed by atoms with Crippen LogP contribution in [-0.2, 0) is 11.3 Å². The van der Waals surface area contributed by atoms with Crippen LogP contribution in [0.25, 0.3) is 0 Å². The summed E-state index contributed by atoms with van der Waals surface area (Å²) in [5.41, 5.74) is 0.807. The molecule has 1 N–H and O–H groups in total. The third-order valence-electron chi connectivity index (χ3n) is 1.88. The molecule has 4 heteroatoms. The Bertz CT molecular complexity index is 410. The van der Waals surface area contributed by atoms with E-state index in [1.54, 1.807) is 29.0 Å². The monoisotopic (exact) mass is 190 g/mol. The SMILES string of the molecule is C/C(=C/Cn1cccc1C#N)C(=O)O. The number of allylic oxidation sites excluding steroid dienone is 1. The minimum Gasteiger partial charge on any atom is -0.478 e. The molecule has 0 spiro atoms. The highest BCUT2D eigenvalue weighted by molar-refractivity contribution is 5.85. The van der Waals surface area contributed by atoms with Crippen LogP contribution < -0.4 is 0 Å². The minimum atomic E-state index is -0.935. The van der Waals surface area contributed by atoms with Gasteiger partial charge in [0.2, 0.25) is 0 Å². The lowest BCUT2D eigenvalue weighted by Gasteiger charge is -1.99. The first-order valence-electron chi connectivity index (χ1n) is 4.10. The molecule has 1 aromatic heterocycles. The van der Waals surface area contributed by atoms with Gasteiger partial charge in [-0.2, -0.15) is 5.26 Å². The fourth-order valence-corrected chi connectivity index (χ4v) is 0.997. The molecule has 0 bridgehead atoms. The van der Waals surface area contributed by atoms with Crippen molar-refractivity contribution in [3.05, 3.63) is 35.7 Å². The van der Waals surface area contributed by atoms with Crippen LogP contribution in [0.2, 0.25) is 0 Å². The van der Waals surface area contributed by atoms with Crippen LogP contribution in [0.4, 0.5) is 0 Å². The van der Waals surface area contributed by atoms with Crippen molar-refractivity contribution < 1.29 is 9.90 Å². The summed E-state index contributed by atoms with van der Waals surface area (Å²) in [5, 5.41) is 17.3. The lowest BCUT2D eigenvalue weighted by atomic mass is 10.3. The number of aromatic nitrogens is 1. The zero-order valence-corrected chi connectivity index (χ0v) is 7.77. The zero-order chi connectivity index (χ0) is 10.6. The second-order valence-electron chi connectivity index (χ2n) is 2.85. The van der Waals surface area contributed by atoms with E-state index in [2.05, 4.69) is 0 Å². The molecule has 0 aliphatic heterocycles. The molecule has 72 valence electrons. The average Bonchev–Trinajstić information content (AvgIpc) is 2.60. The molecule has 0 aliphatic rings. The summed E-state index contributed by atoms with van der Waals surface area (Å²) in [4.78, 5) is 10.5. The fourth-order valence-electron chi connectivity index (χ4n) is 0.997. The Kier molecular flexibility index (Phi) is 3.08. The van der Waals surface area contributed by atoms with Gasteiger partial charge < -0.3 is 9.67 Å². The normalized spacial score (nSPS) is 11.0. The summed E-state index contributed by atoms with van der Waals surface area (Å²) in [5.74, 6) is -0.935. The second-order valence-corrected chi connectivity index (χ2v) is 2.85. The van der Waals surface area contributed by atoms with Crippen molar-refractivity contribution in [1.82, 2.24) is 4.57 Å². The van der Waals surface area contributed by atoms with E-state index in [4.69, 9.17) is 10.4 Å². The van der Waals surface area contributed by atoms with E-state index >= 15 is 0 Å². The van der Waals surface area contributed by atoms with Gasteiger partial charge in [0.05, 0.1) is 0 Å². The van der Waals surface area contributed by atoms with E-state index in [0.29, 0.717) is 12.2 Å². The maximum atomic E-state index is 10.5. The summed E-state index contributed by atoms with van der Waals surface area (Å²) >= 11 is 0. The van der Waals surface area contributed by atoms with Crippen molar-refractivity contribution in [3.8, 4) is 6.07 Å². The van der Waals surface area contributed by atoms with E-state index < -0.39 is 5.97 Å². The van der Waals surface area contributed by atoms with Gasteiger partial charge in [0, 0.05) is 18.3 Å². The van der Waals surface area contributed by atoms with Gasteiger partial charge in [-0.05, 0) is 19.1 Å². The van der Waals surface area contributed by atoms with Crippen molar-refractivity contribution in [3.63, 3.8) is 0 Å². The molecule has 0 amide bonds. The van der Waals surface area contributed by atoms with Gasteiger partial charge in [-0.15, -0.1) is 0 Å². The molecule has 1 rings (SSSR count). The van der Waals surface area contributed by atoms with Crippen molar-refractivity contribution >= 4 is 5.97 Å². The van der Waals surface area contributed by atoms with Crippen molar-refractivity contribution in [1.29, 1.82) is 5.26 Å². The first-order chi connectivity index (χ1) is 6.65. The summed E-state index contributed by atoms with van der Waals surface area (Å²) in [6, 6.07) is 5.45. The maximum Gasteiger partial charge on any atom is 0.331 e. The second kappa shape index (κ2) is 4.28. The van der Waals surface area contributed by atoms with Gasteiger partial charge in [0.1, 0.15) is 11.8 Å². The van der Waals surface area contributed by atoms with Gasteiger partial charge in [-0.1, -0.05) is 6.08 Å². The van der Waals surface area contributed by atoms with Crippen LogP contribution in [0, 0.1) is 11.3 Å². The Hall–Kier alpha value is -2.02. The molecule has 14 heavy (non-hydrogen) atoms. The van der Waals surface area contributed by atoms with Gasteiger partial charge in [0.15, 0.2) is 0 Å². The van der Waals surface area contributed by atoms with Gasteiger partial charge in [-0.25, -0.2) is 4.79 Å². The Morgan fingerprint density at radius 3 is 3.07 bits per heavy atom. The minimum absolute atomic E-state index is 0.280. The molecular formula is C10H10N2O2. The molecule has 0 radical (unpaired) electrons. The van der Waals surface area contributed by atoms with Gasteiger partial charge in [-0.3, -0.25) is 0 Å². The summed E-state index contributed by atoms with van der Waals surface area (Å²) in [7, 11) is 0. The maximum absolute atomic E-state index is 10.5. The first kappa shape index (κ1) is 10.1. The van der Waals surface area contributed by atoms with Crippen LogP contribution in [0.5, 0.6) is 0 Å². The van der Waals surface area contributed by atoms with E-state index in [9.17, 15) is 4.79 Å². The highest BCUT2D eigenvalue weighted by atomic mass is 16.4. The topological polar surface area (TPSA) is 66.0 Å². The summed E-state index contributed by atoms with van der Waals surface area (Å²) in [6.45, 7) is 1.94. The Labute approximate surface area is 81.7 Å². The Balaban J connectivity index is 2.76. The highest BCUT2D eigenvalue weighted by Gasteiger charge is 2.00. The molecule has 0 saturated heterocycles. The lowest BCUT2D eigenvalue weighted by Crippen LogP contribution is -2.01. The summed E-state index contributed by atoms with van der Waals surface area (Å²) < 4.78 is 1.69. The molecule has 4 nitrogen and oxygen atoms in total. The predicted octanol–water partition coefficient (Wildman–Crippen LogP) is 1.39. The van der Waals surface area contributed by atoms with Gasteiger partial charge in [0.25, 0.3) is 0 Å². The number of rotatable bonds is 3. The number of carboxylic acid groups (broad SMARTS) is 1. The Morgan fingerprint density at radius 2 is 2.50 bits per heavy atom. The van der Waals surface area contributed by atoms with E-state index in [-0.39, 0.29) is 5.57 Å². The molecule has 1 heterocycles. The standard InChI is InChI=1S/C10H10N2O2/c1-8(10(13)14)4-6-12-5-2-3-9(12)7-11/h2-5H,6H2,1H3,(H,13,14)/b8-4-. The Morgan fingerprint density at radius 1 is 1.79 bits per heavy atom. The number of nitriles is 1. The molecule has 0 aromatic carbocycles. The number of hydrogen-bond acceptors (Lipinski definition) is 2. The van der Waals surface area contributed by atoms with Crippen LogP contribution in [-0.4, -0.2) is 15.6 Å². The molecule has 0 unspecified atom stereocenters. The molecule has 1 aromatic rings. The molecule has 0 atom stereocenters. The fraction of sp³-hybridized carbons (Fsp3) is 0.200. The molecule has 0 saturated carbocycles. The average molecular weight is 190 g/mol. The van der Waals surface area contributed by atoms with Crippen molar-refractivity contribution in [2.24, 2.45) is 0 Å². The van der Waals surface area contributed by atoms with Crippen LogP contribution in [0.15, 0.2) is 30.0 Å². The highest BCUT2D eigenvalue weighted by Crippen LogP contribution is 2.02. The zero-order valence-electron chi connectivity index (χ0n) is 7.77. The van der Waals surface area contributed by atoms with E-state index in [1.165, 1.54) is 6.92 Å². The van der Waals surface area contributed by atoms with Gasteiger partial charge >= 0.3 is 5.97 Å². The van der Waals surface area contributed by atoms with E-state index in [1.807, 2.05) is 6.07 Å². The van der Waals surface area contributed by atoms with Crippen molar-refractivity contribution in [2.45, 2.75) is 13.5 Å². The predicted molar refractivity (Wildman–Crippen MR) is 50.5 cm³/mol. The lowest BCUT2D eigenvalue weighted by molar-refractivity contribution is -0.132. The van der Waals surface area contributed by atoms with E-state index in [0.717, 1.165) is 0 Å². The first-order valence-corrected chi connectivity index (χ1v) is 4.10. The number of aliphatic carboxylic acids is 1.